The third-order valence-electron chi connectivity index (χ3n) is 5.22. The Bertz CT molecular complexity index is 1270. The Morgan fingerprint density at radius 1 is 0.515 bits per heavy atom. The van der Waals surface area contributed by atoms with Crippen molar-refractivity contribution >= 4 is 0 Å². The van der Waals surface area contributed by atoms with Gasteiger partial charge in [0.1, 0.15) is 23.3 Å². The minimum atomic E-state index is -0.815. The summed E-state index contributed by atoms with van der Waals surface area (Å²) in [4.78, 5) is 0. The summed E-state index contributed by atoms with van der Waals surface area (Å²) >= 11 is 0. The van der Waals surface area contributed by atoms with Crippen LogP contribution in [-0.4, -0.2) is 0 Å². The molecule has 0 radical (unpaired) electrons. The Balaban J connectivity index is 1.63. The maximum absolute atomic E-state index is 14.7. The van der Waals surface area contributed by atoms with E-state index in [0.717, 1.165) is 24.3 Å². The smallest absolute Gasteiger partial charge is 0.134 e. The minimum Gasteiger partial charge on any atom is -0.206 e. The molecule has 2 nitrogen and oxygen atoms in total. The van der Waals surface area contributed by atoms with Crippen molar-refractivity contribution in [3.63, 3.8) is 0 Å². The van der Waals surface area contributed by atoms with Gasteiger partial charge in [0.2, 0.25) is 0 Å². The molecule has 0 aliphatic rings. The SMILES string of the molecule is N#Cc1ccc(-c2c(F)cc(Cc3cc(F)c(-c4ccc(C#N)cc4)c(F)c3)cc2F)cc1. The van der Waals surface area contributed by atoms with E-state index in [1.807, 2.05) is 12.1 Å². The quantitative estimate of drug-likeness (QED) is 0.322. The second kappa shape index (κ2) is 8.98. The molecule has 0 saturated carbocycles. The topological polar surface area (TPSA) is 47.6 Å². The fourth-order valence-corrected chi connectivity index (χ4v) is 3.67. The second-order valence-corrected chi connectivity index (χ2v) is 7.42. The van der Waals surface area contributed by atoms with Crippen molar-refractivity contribution in [2.45, 2.75) is 6.42 Å². The van der Waals surface area contributed by atoms with E-state index in [1.165, 1.54) is 48.5 Å². The zero-order valence-corrected chi connectivity index (χ0v) is 17.0. The Hall–Kier alpha value is -4.42. The highest BCUT2D eigenvalue weighted by molar-refractivity contribution is 5.67. The molecule has 160 valence electrons. The molecule has 0 aliphatic heterocycles. The molecule has 4 aromatic rings. The van der Waals surface area contributed by atoms with Gasteiger partial charge in [-0.05, 0) is 77.2 Å². The average molecular weight is 442 g/mol. The molecule has 0 bridgehead atoms. The molecule has 0 atom stereocenters. The van der Waals surface area contributed by atoms with Crippen molar-refractivity contribution in [2.24, 2.45) is 0 Å². The van der Waals surface area contributed by atoms with Gasteiger partial charge in [-0.1, -0.05) is 24.3 Å². The number of nitrogens with zero attached hydrogens (tertiary/aromatic N) is 2. The van der Waals surface area contributed by atoms with Crippen LogP contribution in [0, 0.1) is 45.9 Å². The summed E-state index contributed by atoms with van der Waals surface area (Å²) in [6, 6.07) is 20.0. The molecule has 0 heterocycles. The van der Waals surface area contributed by atoms with Crippen molar-refractivity contribution in [3.8, 4) is 34.4 Å². The third-order valence-corrected chi connectivity index (χ3v) is 5.22. The number of benzene rings is 4. The van der Waals surface area contributed by atoms with Crippen LogP contribution in [0.25, 0.3) is 22.3 Å². The van der Waals surface area contributed by atoms with Gasteiger partial charge in [0, 0.05) is 0 Å². The van der Waals surface area contributed by atoms with Crippen LogP contribution in [0.4, 0.5) is 17.6 Å². The molecule has 0 aliphatic carbocycles. The maximum Gasteiger partial charge on any atom is 0.134 e. The highest BCUT2D eigenvalue weighted by Crippen LogP contribution is 2.31. The van der Waals surface area contributed by atoms with Crippen LogP contribution < -0.4 is 0 Å². The van der Waals surface area contributed by atoms with Gasteiger partial charge in [-0.2, -0.15) is 10.5 Å². The Morgan fingerprint density at radius 3 is 1.09 bits per heavy atom. The molecule has 0 amide bonds. The lowest BCUT2D eigenvalue weighted by Gasteiger charge is -2.11. The maximum atomic E-state index is 14.7. The van der Waals surface area contributed by atoms with E-state index in [4.69, 9.17) is 10.5 Å². The summed E-state index contributed by atoms with van der Waals surface area (Å²) in [5, 5.41) is 17.7. The lowest BCUT2D eigenvalue weighted by Crippen LogP contribution is -1.99. The van der Waals surface area contributed by atoms with E-state index in [-0.39, 0.29) is 39.8 Å². The zero-order valence-electron chi connectivity index (χ0n) is 17.0. The molecular weight excluding hydrogens is 428 g/mol. The highest BCUT2D eigenvalue weighted by Gasteiger charge is 2.17. The Kier molecular flexibility index (Phi) is 5.93. The van der Waals surface area contributed by atoms with Crippen LogP contribution in [0.1, 0.15) is 22.3 Å². The predicted molar refractivity (Wildman–Crippen MR) is 116 cm³/mol. The van der Waals surface area contributed by atoms with Crippen LogP contribution in [0.2, 0.25) is 0 Å². The summed E-state index contributed by atoms with van der Waals surface area (Å²) in [7, 11) is 0. The summed E-state index contributed by atoms with van der Waals surface area (Å²) in [6.45, 7) is 0. The van der Waals surface area contributed by atoms with Gasteiger partial charge in [0.05, 0.1) is 34.4 Å². The molecule has 4 rings (SSSR count). The van der Waals surface area contributed by atoms with Crippen LogP contribution in [0.15, 0.2) is 72.8 Å². The Morgan fingerprint density at radius 2 is 0.818 bits per heavy atom. The van der Waals surface area contributed by atoms with Gasteiger partial charge < -0.3 is 0 Å². The molecule has 6 heteroatoms. The molecule has 0 spiro atoms. The highest BCUT2D eigenvalue weighted by atomic mass is 19.1. The van der Waals surface area contributed by atoms with Gasteiger partial charge in [-0.3, -0.25) is 0 Å². The van der Waals surface area contributed by atoms with Crippen molar-refractivity contribution in [3.05, 3.63) is 118 Å². The van der Waals surface area contributed by atoms with Gasteiger partial charge in [-0.25, -0.2) is 17.6 Å². The fraction of sp³-hybridized carbons (Fsp3) is 0.0370. The van der Waals surface area contributed by atoms with Gasteiger partial charge >= 0.3 is 0 Å². The molecule has 0 N–H and O–H groups in total. The van der Waals surface area contributed by atoms with Crippen molar-refractivity contribution in [2.75, 3.05) is 0 Å². The summed E-state index contributed by atoms with van der Waals surface area (Å²) in [6.07, 6.45) is -0.0804. The van der Waals surface area contributed by atoms with Crippen LogP contribution in [0.3, 0.4) is 0 Å². The van der Waals surface area contributed by atoms with E-state index in [1.54, 1.807) is 0 Å². The predicted octanol–water partition coefficient (Wildman–Crippen LogP) is 6.91. The van der Waals surface area contributed by atoms with E-state index < -0.39 is 23.3 Å². The molecule has 0 fully saturated rings. The lowest BCUT2D eigenvalue weighted by atomic mass is 9.96. The first-order chi connectivity index (χ1) is 15.9. The number of rotatable bonds is 4. The third kappa shape index (κ3) is 4.46. The number of hydrogen-bond donors (Lipinski definition) is 0. The number of nitriles is 2. The van der Waals surface area contributed by atoms with Crippen molar-refractivity contribution < 1.29 is 17.6 Å². The van der Waals surface area contributed by atoms with E-state index in [2.05, 4.69) is 0 Å². The average Bonchev–Trinajstić information content (AvgIpc) is 2.79. The van der Waals surface area contributed by atoms with Crippen molar-refractivity contribution in [1.29, 1.82) is 10.5 Å². The summed E-state index contributed by atoms with van der Waals surface area (Å²) in [5.41, 5.74) is 1.24. The first-order valence-corrected chi connectivity index (χ1v) is 9.86. The largest absolute Gasteiger partial charge is 0.206 e. The first kappa shape index (κ1) is 21.8. The van der Waals surface area contributed by atoms with Gasteiger partial charge in [0.15, 0.2) is 0 Å². The molecule has 0 unspecified atom stereocenters. The monoisotopic (exact) mass is 442 g/mol. The normalized spacial score (nSPS) is 10.5. The van der Waals surface area contributed by atoms with Gasteiger partial charge in [-0.15, -0.1) is 0 Å². The van der Waals surface area contributed by atoms with Gasteiger partial charge in [0.25, 0.3) is 0 Å². The van der Waals surface area contributed by atoms with E-state index >= 15 is 0 Å². The minimum absolute atomic E-state index is 0.0804. The lowest BCUT2D eigenvalue weighted by molar-refractivity contribution is 0.584. The second-order valence-electron chi connectivity index (χ2n) is 7.42. The van der Waals surface area contributed by atoms with E-state index in [9.17, 15) is 17.6 Å². The molecule has 0 saturated heterocycles. The molecule has 4 aromatic carbocycles. The van der Waals surface area contributed by atoms with Crippen LogP contribution in [0.5, 0.6) is 0 Å². The van der Waals surface area contributed by atoms with E-state index in [0.29, 0.717) is 11.1 Å². The summed E-state index contributed by atoms with van der Waals surface area (Å²) in [5.74, 6) is -3.26. The Labute approximate surface area is 187 Å². The number of hydrogen-bond acceptors (Lipinski definition) is 2. The first-order valence-electron chi connectivity index (χ1n) is 9.86. The fourth-order valence-electron chi connectivity index (χ4n) is 3.67. The van der Waals surface area contributed by atoms with Crippen LogP contribution in [-0.2, 0) is 6.42 Å². The molecular formula is C27H14F4N2. The zero-order chi connectivity index (χ0) is 23.5. The van der Waals surface area contributed by atoms with Crippen LogP contribution >= 0.6 is 0 Å². The molecule has 0 aromatic heterocycles. The standard InChI is InChI=1S/C27H14F4N2/c28-22-10-18(11-23(29)26(22)20-5-1-16(14-32)2-6-20)9-19-12-24(30)27(25(31)13-19)21-7-3-17(15-33)4-8-21/h1-8,10-13H,9H2. The van der Waals surface area contributed by atoms with Crippen molar-refractivity contribution in [1.82, 2.24) is 0 Å². The number of halogens is 4. The molecule has 33 heavy (non-hydrogen) atoms. The summed E-state index contributed by atoms with van der Waals surface area (Å²) < 4.78 is 58.8.